The van der Waals surface area contributed by atoms with Crippen LogP contribution in [0.4, 0.5) is 0 Å². The predicted molar refractivity (Wildman–Crippen MR) is 107 cm³/mol. The smallest absolute Gasteiger partial charge is 0.307 e. The highest BCUT2D eigenvalue weighted by atomic mass is 35.5. The van der Waals surface area contributed by atoms with Crippen LogP contribution in [0.2, 0.25) is 5.02 Å². The van der Waals surface area contributed by atoms with Gasteiger partial charge < -0.3 is 10.1 Å². The Kier molecular flexibility index (Phi) is 6.19. The van der Waals surface area contributed by atoms with Crippen LogP contribution in [0, 0.1) is 0 Å². The number of sulfonamides is 1. The van der Waals surface area contributed by atoms with Crippen LogP contribution in [0.1, 0.15) is 23.6 Å². The molecule has 1 heterocycles. The summed E-state index contributed by atoms with van der Waals surface area (Å²) in [5.74, 6) is -0.870. The minimum absolute atomic E-state index is 0.0735. The van der Waals surface area contributed by atoms with Gasteiger partial charge in [0.2, 0.25) is 5.91 Å². The molecular formula is C19H18ClN3O5S. The number of ether oxygens (including phenoxy) is 1. The normalized spacial score (nSPS) is 16.6. The third-order valence-corrected chi connectivity index (χ3v) is 5.90. The number of hydrogen-bond acceptors (Lipinski definition) is 6. The molecule has 0 saturated heterocycles. The molecule has 8 nitrogen and oxygen atoms in total. The zero-order chi connectivity index (χ0) is 21.0. The number of carbonyl (C=O) groups is 2. The molecule has 2 N–H and O–H groups in total. The van der Waals surface area contributed by atoms with Gasteiger partial charge in [0.05, 0.1) is 24.5 Å². The number of rotatable bonds is 6. The molecule has 0 aliphatic carbocycles. The van der Waals surface area contributed by atoms with E-state index in [1.807, 2.05) is 0 Å². The maximum Gasteiger partial charge on any atom is 0.307 e. The Labute approximate surface area is 173 Å². The van der Waals surface area contributed by atoms with Crippen LogP contribution < -0.4 is 10.0 Å². The van der Waals surface area contributed by atoms with Gasteiger partial charge in [0, 0.05) is 10.6 Å². The van der Waals surface area contributed by atoms with E-state index in [-0.39, 0.29) is 23.7 Å². The van der Waals surface area contributed by atoms with E-state index in [2.05, 4.69) is 15.0 Å². The number of nitrogens with one attached hydrogen (secondary N) is 2. The molecule has 0 bridgehead atoms. The molecule has 3 rings (SSSR count). The maximum atomic E-state index is 12.4. The molecule has 1 aliphatic heterocycles. The number of fused-ring (bicyclic) bond motifs is 1. The highest BCUT2D eigenvalue weighted by Crippen LogP contribution is 2.22. The molecule has 1 aliphatic rings. The molecule has 0 saturated carbocycles. The van der Waals surface area contributed by atoms with Crippen LogP contribution in [0.5, 0.6) is 0 Å². The molecule has 10 heteroatoms. The van der Waals surface area contributed by atoms with Crippen molar-refractivity contribution < 1.29 is 22.7 Å². The summed E-state index contributed by atoms with van der Waals surface area (Å²) in [6.07, 6.45) is -0.0735. The van der Waals surface area contributed by atoms with Crippen molar-refractivity contribution in [1.82, 2.24) is 10.0 Å². The van der Waals surface area contributed by atoms with Gasteiger partial charge in [0.25, 0.3) is 10.0 Å². The average molecular weight is 436 g/mol. The second kappa shape index (κ2) is 8.62. The third-order valence-electron chi connectivity index (χ3n) is 4.25. The summed E-state index contributed by atoms with van der Waals surface area (Å²) in [7, 11) is -2.42. The van der Waals surface area contributed by atoms with Gasteiger partial charge in [0.15, 0.2) is 0 Å². The Morgan fingerprint density at radius 3 is 2.55 bits per heavy atom. The number of carbonyl (C=O) groups excluding carboxylic acids is 2. The van der Waals surface area contributed by atoms with Gasteiger partial charge in [-0.1, -0.05) is 35.9 Å². The Hall–Kier alpha value is -2.91. The summed E-state index contributed by atoms with van der Waals surface area (Å²) in [6, 6.07) is 12.4. The van der Waals surface area contributed by atoms with E-state index in [0.717, 1.165) is 0 Å². The lowest BCUT2D eigenvalue weighted by Crippen LogP contribution is -2.33. The van der Waals surface area contributed by atoms with Gasteiger partial charge in [0.1, 0.15) is 12.4 Å². The van der Waals surface area contributed by atoms with Crippen molar-refractivity contribution in [2.75, 3.05) is 13.7 Å². The van der Waals surface area contributed by atoms with Crippen LogP contribution in [0.15, 0.2) is 58.4 Å². The molecule has 0 aromatic heterocycles. The maximum absolute atomic E-state index is 12.4. The van der Waals surface area contributed by atoms with Crippen molar-refractivity contribution >= 4 is 39.3 Å². The number of amides is 1. The number of nitrogens with zero attached hydrogens (tertiary/aromatic N) is 1. The van der Waals surface area contributed by atoms with Gasteiger partial charge >= 0.3 is 5.97 Å². The topological polar surface area (TPSA) is 114 Å². The molecular weight excluding hydrogens is 418 g/mol. The summed E-state index contributed by atoms with van der Waals surface area (Å²) in [6.45, 7) is -0.322. The van der Waals surface area contributed by atoms with Crippen molar-refractivity contribution in [2.45, 2.75) is 17.4 Å². The fourth-order valence-corrected chi connectivity index (χ4v) is 4.22. The highest BCUT2D eigenvalue weighted by Gasteiger charge is 2.30. The molecule has 2 aromatic carbocycles. The van der Waals surface area contributed by atoms with Crippen molar-refractivity contribution in [2.24, 2.45) is 4.99 Å². The van der Waals surface area contributed by atoms with Crippen LogP contribution >= 0.6 is 11.6 Å². The summed E-state index contributed by atoms with van der Waals surface area (Å²) >= 11 is 5.89. The van der Waals surface area contributed by atoms with E-state index in [4.69, 9.17) is 16.3 Å². The lowest BCUT2D eigenvalue weighted by molar-refractivity contribution is -0.141. The Morgan fingerprint density at radius 2 is 1.86 bits per heavy atom. The third kappa shape index (κ3) is 4.93. The standard InChI is InChI=1S/C19H18ClN3O5S/c1-28-18(25)10-15(12-6-8-13(20)9-7-12)22-17(24)11-21-19-14-4-2-3-5-16(14)29(26,27)23-19/h2-9,15H,10-11H2,1H3,(H,21,23)(H,22,24). The van der Waals surface area contributed by atoms with Crippen LogP contribution in [0.25, 0.3) is 0 Å². The minimum Gasteiger partial charge on any atom is -0.469 e. The van der Waals surface area contributed by atoms with E-state index in [0.29, 0.717) is 16.1 Å². The first-order valence-electron chi connectivity index (χ1n) is 8.58. The largest absolute Gasteiger partial charge is 0.469 e. The fourth-order valence-electron chi connectivity index (χ4n) is 2.84. The van der Waals surface area contributed by atoms with Crippen molar-refractivity contribution in [1.29, 1.82) is 0 Å². The van der Waals surface area contributed by atoms with E-state index >= 15 is 0 Å². The second-order valence-electron chi connectivity index (χ2n) is 6.22. The molecule has 1 unspecified atom stereocenters. The SMILES string of the molecule is COC(=O)CC(NC(=O)CN=C1NS(=O)(=O)c2ccccc21)c1ccc(Cl)cc1. The monoisotopic (exact) mass is 435 g/mol. The minimum atomic E-state index is -3.68. The fraction of sp³-hybridized carbons (Fsp3) is 0.211. The average Bonchev–Trinajstić information content (AvgIpc) is 2.97. The number of benzene rings is 2. The number of esters is 1. The van der Waals surface area contributed by atoms with Crippen molar-refractivity contribution in [3.05, 3.63) is 64.7 Å². The molecule has 0 spiro atoms. The van der Waals surface area contributed by atoms with E-state index < -0.39 is 27.9 Å². The Morgan fingerprint density at radius 1 is 1.17 bits per heavy atom. The van der Waals surface area contributed by atoms with Gasteiger partial charge in [-0.15, -0.1) is 0 Å². The van der Waals surface area contributed by atoms with Crippen LogP contribution in [0.3, 0.4) is 0 Å². The zero-order valence-electron chi connectivity index (χ0n) is 15.4. The molecule has 29 heavy (non-hydrogen) atoms. The molecule has 0 fully saturated rings. The van der Waals surface area contributed by atoms with Crippen molar-refractivity contribution in [3.63, 3.8) is 0 Å². The first-order chi connectivity index (χ1) is 13.8. The van der Waals surface area contributed by atoms with Crippen LogP contribution in [-0.2, 0) is 24.3 Å². The van der Waals surface area contributed by atoms with E-state index in [9.17, 15) is 18.0 Å². The lowest BCUT2D eigenvalue weighted by atomic mass is 10.0. The molecule has 0 radical (unpaired) electrons. The summed E-state index contributed by atoms with van der Waals surface area (Å²) < 4.78 is 31.2. The highest BCUT2D eigenvalue weighted by molar-refractivity contribution is 7.90. The summed E-state index contributed by atoms with van der Waals surface area (Å²) in [5, 5.41) is 3.24. The summed E-state index contributed by atoms with van der Waals surface area (Å²) in [5.41, 5.74) is 1.08. The predicted octanol–water partition coefficient (Wildman–Crippen LogP) is 1.80. The summed E-state index contributed by atoms with van der Waals surface area (Å²) in [4.78, 5) is 28.3. The Balaban J connectivity index is 1.74. The lowest BCUT2D eigenvalue weighted by Gasteiger charge is -2.18. The number of hydrogen-bond donors (Lipinski definition) is 2. The molecule has 1 amide bonds. The molecule has 152 valence electrons. The second-order valence-corrected chi connectivity index (χ2v) is 8.31. The number of methoxy groups -OCH3 is 1. The molecule has 1 atom stereocenters. The van der Waals surface area contributed by atoms with Gasteiger partial charge in [-0.3, -0.25) is 19.3 Å². The van der Waals surface area contributed by atoms with Crippen molar-refractivity contribution in [3.8, 4) is 0 Å². The first kappa shape index (κ1) is 20.8. The quantitative estimate of drug-likeness (QED) is 0.671. The van der Waals surface area contributed by atoms with Gasteiger partial charge in [-0.25, -0.2) is 8.42 Å². The zero-order valence-corrected chi connectivity index (χ0v) is 17.0. The van der Waals surface area contributed by atoms with Gasteiger partial charge in [-0.2, -0.15) is 0 Å². The number of amidine groups is 1. The number of aliphatic imine (C=N–C) groups is 1. The Bertz CT molecular complexity index is 1070. The van der Waals surface area contributed by atoms with Crippen LogP contribution in [-0.4, -0.2) is 39.8 Å². The number of halogens is 1. The molecule has 2 aromatic rings. The van der Waals surface area contributed by atoms with Gasteiger partial charge in [-0.05, 0) is 29.8 Å². The van der Waals surface area contributed by atoms with E-state index in [1.165, 1.54) is 13.2 Å². The van der Waals surface area contributed by atoms with E-state index in [1.54, 1.807) is 42.5 Å². The first-order valence-corrected chi connectivity index (χ1v) is 10.4.